The molecule has 0 aromatic heterocycles. The Labute approximate surface area is 101 Å². The maximum Gasteiger partial charge on any atom is 0.240 e. The molecule has 5 nitrogen and oxygen atoms in total. The van der Waals surface area contributed by atoms with E-state index in [0.717, 1.165) is 5.57 Å². The van der Waals surface area contributed by atoms with Crippen LogP contribution in [0.15, 0.2) is 34.7 Å². The standard InChI is InChI=1S/C11H16N2O3S/c1-8(2)5-6-13-17(15,16)9-3-4-11(14)10(12)7-9/h3-5,7,13-14H,6,12H2,1-2H3. The number of sulfonamides is 1. The molecule has 0 bridgehead atoms. The minimum Gasteiger partial charge on any atom is -0.506 e. The van der Waals surface area contributed by atoms with Crippen LogP contribution in [0.1, 0.15) is 13.8 Å². The molecule has 0 aliphatic carbocycles. The molecule has 0 heterocycles. The molecule has 0 saturated heterocycles. The van der Waals surface area contributed by atoms with Gasteiger partial charge in [-0.1, -0.05) is 11.6 Å². The van der Waals surface area contributed by atoms with Crippen LogP contribution in [0.2, 0.25) is 0 Å². The van der Waals surface area contributed by atoms with E-state index in [9.17, 15) is 13.5 Å². The van der Waals surface area contributed by atoms with Gasteiger partial charge in [-0.05, 0) is 32.0 Å². The van der Waals surface area contributed by atoms with Crippen LogP contribution in [0.5, 0.6) is 5.75 Å². The Morgan fingerprint density at radius 1 is 1.47 bits per heavy atom. The van der Waals surface area contributed by atoms with Crippen molar-refractivity contribution in [3.63, 3.8) is 0 Å². The van der Waals surface area contributed by atoms with Gasteiger partial charge < -0.3 is 10.8 Å². The number of aromatic hydroxyl groups is 1. The van der Waals surface area contributed by atoms with Crippen molar-refractivity contribution < 1.29 is 13.5 Å². The molecule has 0 aliphatic heterocycles. The second-order valence-electron chi connectivity index (χ2n) is 3.85. The molecule has 0 radical (unpaired) electrons. The van der Waals surface area contributed by atoms with Gasteiger partial charge in [0.05, 0.1) is 10.6 Å². The van der Waals surface area contributed by atoms with Crippen LogP contribution < -0.4 is 10.5 Å². The SMILES string of the molecule is CC(C)=CCNS(=O)(=O)c1ccc(O)c(N)c1. The van der Waals surface area contributed by atoms with Crippen LogP contribution in [0.25, 0.3) is 0 Å². The van der Waals surface area contributed by atoms with Gasteiger partial charge in [-0.3, -0.25) is 0 Å². The van der Waals surface area contributed by atoms with Gasteiger partial charge in [-0.2, -0.15) is 0 Å². The molecule has 0 unspecified atom stereocenters. The van der Waals surface area contributed by atoms with Crippen molar-refractivity contribution in [2.45, 2.75) is 18.7 Å². The van der Waals surface area contributed by atoms with E-state index in [1.165, 1.54) is 18.2 Å². The number of allylic oxidation sites excluding steroid dienone is 1. The monoisotopic (exact) mass is 256 g/mol. The molecule has 0 spiro atoms. The fraction of sp³-hybridized carbons (Fsp3) is 0.273. The molecule has 1 rings (SSSR count). The normalized spacial score (nSPS) is 11.2. The van der Waals surface area contributed by atoms with E-state index in [-0.39, 0.29) is 22.9 Å². The molecule has 0 atom stereocenters. The van der Waals surface area contributed by atoms with Crippen LogP contribution in [0, 0.1) is 0 Å². The van der Waals surface area contributed by atoms with E-state index < -0.39 is 10.0 Å². The third-order valence-electron chi connectivity index (χ3n) is 2.09. The first-order valence-corrected chi connectivity index (χ1v) is 6.53. The Balaban J connectivity index is 2.90. The summed E-state index contributed by atoms with van der Waals surface area (Å²) >= 11 is 0. The average molecular weight is 256 g/mol. The highest BCUT2D eigenvalue weighted by Crippen LogP contribution is 2.22. The van der Waals surface area contributed by atoms with Gasteiger partial charge in [0.2, 0.25) is 10.0 Å². The first kappa shape index (κ1) is 13.5. The summed E-state index contributed by atoms with van der Waals surface area (Å²) in [4.78, 5) is 0.0370. The van der Waals surface area contributed by atoms with Crippen molar-refractivity contribution in [3.05, 3.63) is 29.8 Å². The zero-order valence-electron chi connectivity index (χ0n) is 9.77. The van der Waals surface area contributed by atoms with E-state index >= 15 is 0 Å². The van der Waals surface area contributed by atoms with Crippen LogP contribution in [-0.2, 0) is 10.0 Å². The third-order valence-corrected chi connectivity index (χ3v) is 3.51. The molecular weight excluding hydrogens is 240 g/mol. The van der Waals surface area contributed by atoms with E-state index in [1.54, 1.807) is 6.08 Å². The number of hydrogen-bond acceptors (Lipinski definition) is 4. The van der Waals surface area contributed by atoms with E-state index in [4.69, 9.17) is 5.73 Å². The van der Waals surface area contributed by atoms with Gasteiger partial charge in [0.1, 0.15) is 5.75 Å². The van der Waals surface area contributed by atoms with E-state index in [1.807, 2.05) is 13.8 Å². The number of hydrogen-bond donors (Lipinski definition) is 3. The van der Waals surface area contributed by atoms with Crippen molar-refractivity contribution in [2.75, 3.05) is 12.3 Å². The van der Waals surface area contributed by atoms with Gasteiger partial charge in [-0.25, -0.2) is 13.1 Å². The third kappa shape index (κ3) is 3.76. The Morgan fingerprint density at radius 2 is 2.12 bits per heavy atom. The molecule has 0 fully saturated rings. The highest BCUT2D eigenvalue weighted by atomic mass is 32.2. The Kier molecular flexibility index (Phi) is 4.14. The lowest BCUT2D eigenvalue weighted by Crippen LogP contribution is -2.24. The number of nitrogens with two attached hydrogens (primary N) is 1. The van der Waals surface area contributed by atoms with Crippen molar-refractivity contribution in [1.29, 1.82) is 0 Å². The summed E-state index contributed by atoms with van der Waals surface area (Å²) in [6, 6.07) is 3.78. The summed E-state index contributed by atoms with van der Waals surface area (Å²) in [5, 5.41) is 9.21. The van der Waals surface area contributed by atoms with Gasteiger partial charge in [0.15, 0.2) is 0 Å². The van der Waals surface area contributed by atoms with Gasteiger partial charge in [0.25, 0.3) is 0 Å². The minimum absolute atomic E-state index is 0.0370. The Bertz CT molecular complexity index is 532. The summed E-state index contributed by atoms with van der Waals surface area (Å²) in [6.45, 7) is 3.99. The summed E-state index contributed by atoms with van der Waals surface area (Å²) < 4.78 is 26.0. The molecule has 1 aromatic carbocycles. The largest absolute Gasteiger partial charge is 0.506 e. The lowest BCUT2D eigenvalue weighted by atomic mass is 10.3. The molecule has 94 valence electrons. The topological polar surface area (TPSA) is 92.4 Å². The molecule has 4 N–H and O–H groups in total. The number of rotatable bonds is 4. The molecule has 0 amide bonds. The number of nitrogen functional groups attached to an aromatic ring is 1. The number of phenols is 1. The number of anilines is 1. The van der Waals surface area contributed by atoms with Crippen molar-refractivity contribution >= 4 is 15.7 Å². The fourth-order valence-electron chi connectivity index (χ4n) is 1.14. The van der Waals surface area contributed by atoms with E-state index in [2.05, 4.69) is 4.72 Å². The van der Waals surface area contributed by atoms with Crippen LogP contribution in [0.3, 0.4) is 0 Å². The summed E-state index contributed by atoms with van der Waals surface area (Å²) in [5.74, 6) is -0.131. The van der Waals surface area contributed by atoms with Crippen LogP contribution >= 0.6 is 0 Å². The zero-order chi connectivity index (χ0) is 13.1. The first-order valence-electron chi connectivity index (χ1n) is 5.04. The molecule has 0 saturated carbocycles. The highest BCUT2D eigenvalue weighted by molar-refractivity contribution is 7.89. The Hall–Kier alpha value is -1.53. The molecular formula is C11H16N2O3S. The lowest BCUT2D eigenvalue weighted by molar-refractivity contribution is 0.477. The number of nitrogens with one attached hydrogen (secondary N) is 1. The predicted molar refractivity (Wildman–Crippen MR) is 67.1 cm³/mol. The lowest BCUT2D eigenvalue weighted by Gasteiger charge is -2.06. The quantitative estimate of drug-likeness (QED) is 0.429. The fourth-order valence-corrected chi connectivity index (χ4v) is 2.14. The summed E-state index contributed by atoms with van der Waals surface area (Å²) in [6.07, 6.45) is 1.77. The molecule has 17 heavy (non-hydrogen) atoms. The smallest absolute Gasteiger partial charge is 0.240 e. The maximum absolute atomic E-state index is 11.8. The van der Waals surface area contributed by atoms with Gasteiger partial charge >= 0.3 is 0 Å². The van der Waals surface area contributed by atoms with Gasteiger partial charge in [0, 0.05) is 6.54 Å². The predicted octanol–water partition coefficient (Wildman–Crippen LogP) is 1.22. The minimum atomic E-state index is -3.58. The van der Waals surface area contributed by atoms with Gasteiger partial charge in [-0.15, -0.1) is 0 Å². The first-order chi connectivity index (χ1) is 7.83. The number of benzene rings is 1. The second kappa shape index (κ2) is 5.20. The zero-order valence-corrected chi connectivity index (χ0v) is 10.6. The van der Waals surface area contributed by atoms with Crippen molar-refractivity contribution in [2.24, 2.45) is 0 Å². The maximum atomic E-state index is 11.8. The number of phenolic OH excluding ortho intramolecular Hbond substituents is 1. The molecule has 6 heteroatoms. The molecule has 0 aliphatic rings. The van der Waals surface area contributed by atoms with Crippen molar-refractivity contribution in [3.8, 4) is 5.75 Å². The summed E-state index contributed by atoms with van der Waals surface area (Å²) in [7, 11) is -3.58. The van der Waals surface area contributed by atoms with E-state index in [0.29, 0.717) is 0 Å². The second-order valence-corrected chi connectivity index (χ2v) is 5.62. The highest BCUT2D eigenvalue weighted by Gasteiger charge is 2.13. The van der Waals surface area contributed by atoms with Crippen LogP contribution in [-0.4, -0.2) is 20.1 Å². The summed E-state index contributed by atoms with van der Waals surface area (Å²) in [5.41, 5.74) is 6.50. The Morgan fingerprint density at radius 3 is 2.65 bits per heavy atom. The average Bonchev–Trinajstić information content (AvgIpc) is 2.21. The van der Waals surface area contributed by atoms with Crippen LogP contribution in [0.4, 0.5) is 5.69 Å². The molecule has 1 aromatic rings. The van der Waals surface area contributed by atoms with Crippen molar-refractivity contribution in [1.82, 2.24) is 4.72 Å².